The third kappa shape index (κ3) is 3.53. The number of fused-ring (bicyclic) bond motifs is 2. The van der Waals surface area contributed by atoms with Gasteiger partial charge in [-0.15, -0.1) is 0 Å². The Hall–Kier alpha value is -1.21. The quantitative estimate of drug-likeness (QED) is 0.728. The van der Waals surface area contributed by atoms with Crippen LogP contribution in [-0.4, -0.2) is 65.3 Å². The molecule has 2 aliphatic heterocycles. The molecule has 5 nitrogen and oxygen atoms in total. The molecule has 2 heterocycles. The van der Waals surface area contributed by atoms with Crippen molar-refractivity contribution < 1.29 is 9.90 Å². The lowest BCUT2D eigenvalue weighted by Gasteiger charge is -2.59. The number of halogens is 1. The fraction of sp³-hybridized carbons (Fsp3) is 0.556. The van der Waals surface area contributed by atoms with Gasteiger partial charge >= 0.3 is 0 Å². The maximum absolute atomic E-state index is 12.4. The van der Waals surface area contributed by atoms with Crippen molar-refractivity contribution in [1.29, 1.82) is 0 Å². The van der Waals surface area contributed by atoms with Crippen molar-refractivity contribution >= 4 is 34.8 Å². The summed E-state index contributed by atoms with van der Waals surface area (Å²) in [6.45, 7) is 7.01. The van der Waals surface area contributed by atoms with E-state index in [9.17, 15) is 9.90 Å². The first kappa shape index (κ1) is 18.6. The number of thiocarbonyl (C=S) groups is 1. The Morgan fingerprint density at radius 1 is 1.20 bits per heavy atom. The third-order valence-electron chi connectivity index (χ3n) is 5.30. The van der Waals surface area contributed by atoms with Gasteiger partial charge < -0.3 is 14.9 Å². The van der Waals surface area contributed by atoms with E-state index < -0.39 is 0 Å². The van der Waals surface area contributed by atoms with Gasteiger partial charge in [0.25, 0.3) is 5.91 Å². The normalized spacial score (nSPS) is 32.4. The van der Waals surface area contributed by atoms with Gasteiger partial charge in [0.15, 0.2) is 5.11 Å². The highest BCUT2D eigenvalue weighted by atomic mass is 35.5. The summed E-state index contributed by atoms with van der Waals surface area (Å²) in [5, 5.41) is 14.6. The van der Waals surface area contributed by atoms with Crippen LogP contribution < -0.4 is 5.32 Å². The molecule has 2 aliphatic rings. The van der Waals surface area contributed by atoms with Gasteiger partial charge in [0.05, 0.1) is 6.10 Å². The number of benzene rings is 1. The molecular formula is C18H24ClN3O2S. The highest BCUT2D eigenvalue weighted by molar-refractivity contribution is 7.80. The van der Waals surface area contributed by atoms with Crippen LogP contribution in [0, 0.1) is 10.8 Å². The van der Waals surface area contributed by atoms with Crippen LogP contribution in [0.2, 0.25) is 5.02 Å². The van der Waals surface area contributed by atoms with Crippen molar-refractivity contribution in [2.24, 2.45) is 10.8 Å². The summed E-state index contributed by atoms with van der Waals surface area (Å²) in [6.07, 6.45) is -0.387. The number of hydrogen-bond acceptors (Lipinski definition) is 4. The van der Waals surface area contributed by atoms with Crippen LogP contribution in [0.5, 0.6) is 0 Å². The van der Waals surface area contributed by atoms with Crippen molar-refractivity contribution in [2.75, 3.05) is 33.2 Å². The molecule has 0 unspecified atom stereocenters. The largest absolute Gasteiger partial charge is 0.392 e. The first-order valence-corrected chi connectivity index (χ1v) is 9.14. The standard InChI is InChI=1S/C18H24ClN3O2S/c1-17-8-21(3)9-18(2,15(17)24)11-22(10-17)16(25)20-14(23)12-4-6-13(19)7-5-12/h4-7,15,24H,8-11H2,1-3H3,(H,20,23,25)/t17-,18-/m1/s1. The molecule has 7 heteroatoms. The minimum absolute atomic E-state index is 0.245. The molecule has 1 aromatic carbocycles. The second-order valence-electron chi connectivity index (χ2n) is 8.01. The zero-order valence-electron chi connectivity index (χ0n) is 14.8. The van der Waals surface area contributed by atoms with Gasteiger partial charge in [0.1, 0.15) is 0 Å². The maximum atomic E-state index is 12.4. The molecule has 136 valence electrons. The number of rotatable bonds is 1. The fourth-order valence-electron chi connectivity index (χ4n) is 4.50. The summed E-state index contributed by atoms with van der Waals surface area (Å²) >= 11 is 11.4. The molecule has 2 N–H and O–H groups in total. The molecular weight excluding hydrogens is 358 g/mol. The molecule has 0 radical (unpaired) electrons. The first-order chi connectivity index (χ1) is 11.6. The summed E-state index contributed by atoms with van der Waals surface area (Å²) in [5.41, 5.74) is -0.0504. The molecule has 2 bridgehead atoms. The van der Waals surface area contributed by atoms with Crippen LogP contribution in [0.15, 0.2) is 24.3 Å². The topological polar surface area (TPSA) is 55.8 Å². The Kier molecular flexibility index (Phi) is 4.83. The number of amides is 1. The number of piperidine rings is 2. The second kappa shape index (κ2) is 6.50. The van der Waals surface area contributed by atoms with Gasteiger partial charge in [0.2, 0.25) is 0 Å². The molecule has 0 aliphatic carbocycles. The lowest BCUT2D eigenvalue weighted by molar-refractivity contribution is -0.157. The summed E-state index contributed by atoms with van der Waals surface area (Å²) in [5.74, 6) is -0.245. The number of likely N-dealkylation sites (tertiary alicyclic amines) is 2. The van der Waals surface area contributed by atoms with Crippen LogP contribution >= 0.6 is 23.8 Å². The van der Waals surface area contributed by atoms with Crippen LogP contribution in [-0.2, 0) is 0 Å². The Labute approximate surface area is 158 Å². The molecule has 2 saturated heterocycles. The van der Waals surface area contributed by atoms with E-state index >= 15 is 0 Å². The smallest absolute Gasteiger partial charge is 0.257 e. The van der Waals surface area contributed by atoms with E-state index in [4.69, 9.17) is 23.8 Å². The molecule has 2 atom stereocenters. The Morgan fingerprint density at radius 3 is 2.24 bits per heavy atom. The number of carbonyl (C=O) groups excluding carboxylic acids is 1. The van der Waals surface area contributed by atoms with E-state index in [0.29, 0.717) is 28.8 Å². The SMILES string of the molecule is CN1C[C@]2(C)CN(C(=S)NC(=O)c3ccc(Cl)cc3)C[C@@](C)(C1)C2O. The van der Waals surface area contributed by atoms with E-state index in [2.05, 4.69) is 31.1 Å². The molecule has 25 heavy (non-hydrogen) atoms. The van der Waals surface area contributed by atoms with Crippen LogP contribution in [0.25, 0.3) is 0 Å². The van der Waals surface area contributed by atoms with Crippen molar-refractivity contribution in [2.45, 2.75) is 20.0 Å². The average molecular weight is 382 g/mol. The minimum atomic E-state index is -0.387. The van der Waals surface area contributed by atoms with E-state index in [0.717, 1.165) is 13.1 Å². The summed E-state index contributed by atoms with van der Waals surface area (Å²) < 4.78 is 0. The lowest BCUT2D eigenvalue weighted by Crippen LogP contribution is -2.71. The monoisotopic (exact) mass is 381 g/mol. The Morgan fingerprint density at radius 2 is 1.72 bits per heavy atom. The van der Waals surface area contributed by atoms with Crippen LogP contribution in [0.4, 0.5) is 0 Å². The number of nitrogens with one attached hydrogen (secondary N) is 1. The van der Waals surface area contributed by atoms with Gasteiger partial charge in [-0.1, -0.05) is 25.4 Å². The first-order valence-electron chi connectivity index (χ1n) is 8.35. The van der Waals surface area contributed by atoms with Crippen LogP contribution in [0.3, 0.4) is 0 Å². The number of carbonyl (C=O) groups is 1. The molecule has 3 rings (SSSR count). The van der Waals surface area contributed by atoms with Crippen molar-refractivity contribution in [1.82, 2.24) is 15.1 Å². The van der Waals surface area contributed by atoms with Gasteiger partial charge in [0, 0.05) is 47.6 Å². The summed E-state index contributed by atoms with van der Waals surface area (Å²) in [7, 11) is 2.08. The van der Waals surface area contributed by atoms with Crippen molar-refractivity contribution in [3.8, 4) is 0 Å². The molecule has 0 saturated carbocycles. The van der Waals surface area contributed by atoms with Gasteiger partial charge in [-0.25, -0.2) is 0 Å². The zero-order valence-corrected chi connectivity index (χ0v) is 16.3. The number of aliphatic hydroxyl groups is 1. The van der Waals surface area contributed by atoms with Gasteiger partial charge in [-0.2, -0.15) is 0 Å². The molecule has 0 aromatic heterocycles. The highest BCUT2D eigenvalue weighted by Crippen LogP contribution is 2.45. The van der Waals surface area contributed by atoms with E-state index in [1.54, 1.807) is 24.3 Å². The molecule has 1 aromatic rings. The molecule has 1 amide bonds. The summed E-state index contributed by atoms with van der Waals surface area (Å²) in [4.78, 5) is 16.7. The van der Waals surface area contributed by atoms with Crippen molar-refractivity contribution in [3.63, 3.8) is 0 Å². The number of hydrogen-bond donors (Lipinski definition) is 2. The van der Waals surface area contributed by atoms with Gasteiger partial charge in [-0.05, 0) is 43.5 Å². The highest BCUT2D eigenvalue weighted by Gasteiger charge is 2.55. The lowest BCUT2D eigenvalue weighted by atomic mass is 9.63. The zero-order chi connectivity index (χ0) is 18.4. The Balaban J connectivity index is 1.73. The molecule has 2 fully saturated rings. The number of aliphatic hydroxyl groups excluding tert-OH is 1. The predicted molar refractivity (Wildman–Crippen MR) is 103 cm³/mol. The van der Waals surface area contributed by atoms with E-state index in [1.807, 2.05) is 4.90 Å². The average Bonchev–Trinajstić information content (AvgIpc) is 2.51. The van der Waals surface area contributed by atoms with Crippen molar-refractivity contribution in [3.05, 3.63) is 34.9 Å². The fourth-order valence-corrected chi connectivity index (χ4v) is 4.85. The second-order valence-corrected chi connectivity index (χ2v) is 8.83. The van der Waals surface area contributed by atoms with Crippen LogP contribution in [0.1, 0.15) is 24.2 Å². The molecule has 0 spiro atoms. The van der Waals surface area contributed by atoms with Gasteiger partial charge in [-0.3, -0.25) is 10.1 Å². The van der Waals surface area contributed by atoms with E-state index in [-0.39, 0.29) is 22.8 Å². The minimum Gasteiger partial charge on any atom is -0.392 e. The maximum Gasteiger partial charge on any atom is 0.257 e. The van der Waals surface area contributed by atoms with E-state index in [1.165, 1.54) is 0 Å². The predicted octanol–water partition coefficient (Wildman–Crippen LogP) is 1.99. The summed E-state index contributed by atoms with van der Waals surface area (Å²) in [6, 6.07) is 6.71. The Bertz CT molecular complexity index is 676. The third-order valence-corrected chi connectivity index (χ3v) is 5.91. The number of nitrogens with zero attached hydrogens (tertiary/aromatic N) is 2.